The topological polar surface area (TPSA) is 141 Å². The number of anilines is 2. The number of pyridine rings is 1. The predicted octanol–water partition coefficient (Wildman–Crippen LogP) is 0.302. The van der Waals surface area contributed by atoms with E-state index < -0.39 is 24.1 Å². The van der Waals surface area contributed by atoms with Crippen molar-refractivity contribution in [3.63, 3.8) is 0 Å². The van der Waals surface area contributed by atoms with Gasteiger partial charge in [0.15, 0.2) is 0 Å². The van der Waals surface area contributed by atoms with Gasteiger partial charge < -0.3 is 20.8 Å². The summed E-state index contributed by atoms with van der Waals surface area (Å²) in [5.74, 6) is -0.510. The van der Waals surface area contributed by atoms with E-state index in [0.717, 1.165) is 0 Å². The second kappa shape index (κ2) is 4.80. The van der Waals surface area contributed by atoms with Crippen LogP contribution in [0, 0.1) is 0 Å². The molecule has 0 aromatic carbocycles. The van der Waals surface area contributed by atoms with E-state index in [0.29, 0.717) is 11.4 Å². The van der Waals surface area contributed by atoms with E-state index in [2.05, 4.69) is 20.9 Å². The first kappa shape index (κ1) is 12.6. The Morgan fingerprint density at radius 2 is 2.11 bits per heavy atom. The van der Waals surface area contributed by atoms with Crippen LogP contribution < -0.4 is 16.0 Å². The Labute approximate surface area is 106 Å². The van der Waals surface area contributed by atoms with Gasteiger partial charge >= 0.3 is 12.2 Å². The van der Waals surface area contributed by atoms with Crippen LogP contribution in [-0.2, 0) is 11.2 Å². The highest BCUT2D eigenvalue weighted by Crippen LogP contribution is 2.23. The first-order valence-electron chi connectivity index (χ1n) is 5.25. The lowest BCUT2D eigenvalue weighted by atomic mass is 10.0. The van der Waals surface area contributed by atoms with Gasteiger partial charge in [-0.05, 0) is 6.07 Å². The molecule has 0 saturated heterocycles. The number of nitrogens with one attached hydrogen (secondary N) is 3. The summed E-state index contributed by atoms with van der Waals surface area (Å²) in [6.07, 6.45) is -1.13. The van der Waals surface area contributed by atoms with E-state index in [-0.39, 0.29) is 12.1 Å². The summed E-state index contributed by atoms with van der Waals surface area (Å²) < 4.78 is 0. The smallest absolute Gasteiger partial charge is 0.409 e. The zero-order valence-corrected chi connectivity index (χ0v) is 9.51. The summed E-state index contributed by atoms with van der Waals surface area (Å²) in [7, 11) is 0. The lowest BCUT2D eigenvalue weighted by Crippen LogP contribution is -2.47. The molecule has 0 fully saturated rings. The van der Waals surface area contributed by atoms with Gasteiger partial charge in [0.1, 0.15) is 6.04 Å². The molecule has 1 unspecified atom stereocenters. The van der Waals surface area contributed by atoms with Gasteiger partial charge in [-0.15, -0.1) is 0 Å². The molecule has 1 aliphatic heterocycles. The molecule has 0 spiro atoms. The fourth-order valence-corrected chi connectivity index (χ4v) is 1.73. The van der Waals surface area contributed by atoms with Crippen LogP contribution in [0.15, 0.2) is 12.3 Å². The third-order valence-electron chi connectivity index (χ3n) is 2.49. The fourth-order valence-electron chi connectivity index (χ4n) is 1.73. The predicted molar refractivity (Wildman–Crippen MR) is 63.2 cm³/mol. The van der Waals surface area contributed by atoms with E-state index in [1.165, 1.54) is 12.3 Å². The molecular weight excluding hydrogens is 256 g/mol. The molecular formula is C10H10N4O5. The molecule has 100 valence electrons. The molecule has 9 heteroatoms. The molecule has 9 nitrogen and oxygen atoms in total. The number of hydrogen-bond donors (Lipinski definition) is 5. The van der Waals surface area contributed by atoms with Gasteiger partial charge in [0.2, 0.25) is 5.91 Å². The molecule has 0 bridgehead atoms. The first-order valence-corrected chi connectivity index (χ1v) is 5.25. The zero-order valence-electron chi connectivity index (χ0n) is 9.51. The number of fused-ring (bicyclic) bond motifs is 1. The largest absolute Gasteiger partial charge is 0.465 e. The van der Waals surface area contributed by atoms with E-state index in [9.17, 15) is 14.4 Å². The second-order valence-electron chi connectivity index (χ2n) is 3.84. The van der Waals surface area contributed by atoms with Crippen molar-refractivity contribution >= 4 is 29.5 Å². The summed E-state index contributed by atoms with van der Waals surface area (Å²) in [5, 5.41) is 23.8. The van der Waals surface area contributed by atoms with Gasteiger partial charge in [-0.25, -0.2) is 9.59 Å². The number of hydrogen-bond acceptors (Lipinski definition) is 4. The number of carbonyl (C=O) groups is 3. The second-order valence-corrected chi connectivity index (χ2v) is 3.84. The number of aromatic nitrogens is 1. The Hall–Kier alpha value is -2.84. The maximum Gasteiger partial charge on any atom is 0.409 e. The van der Waals surface area contributed by atoms with Crippen molar-refractivity contribution in [2.45, 2.75) is 12.5 Å². The first-order chi connectivity index (χ1) is 8.95. The maximum atomic E-state index is 11.6. The van der Waals surface area contributed by atoms with Crippen molar-refractivity contribution in [3.05, 3.63) is 18.0 Å². The minimum Gasteiger partial charge on any atom is -0.465 e. The molecule has 1 atom stereocenters. The Bertz CT molecular complexity index is 559. The quantitative estimate of drug-likeness (QED) is 0.521. The summed E-state index contributed by atoms with van der Waals surface area (Å²) in [6.45, 7) is 0. The molecule has 1 aromatic heterocycles. The van der Waals surface area contributed by atoms with Crippen molar-refractivity contribution in [2.75, 3.05) is 10.6 Å². The van der Waals surface area contributed by atoms with Crippen LogP contribution in [-0.4, -0.2) is 39.3 Å². The molecule has 19 heavy (non-hydrogen) atoms. The Morgan fingerprint density at radius 3 is 2.74 bits per heavy atom. The van der Waals surface area contributed by atoms with Crippen LogP contribution in [0.1, 0.15) is 5.69 Å². The maximum absolute atomic E-state index is 11.6. The van der Waals surface area contributed by atoms with Crippen LogP contribution in [0.25, 0.3) is 0 Å². The van der Waals surface area contributed by atoms with Gasteiger partial charge in [0.25, 0.3) is 0 Å². The molecule has 0 aliphatic carbocycles. The van der Waals surface area contributed by atoms with Crippen molar-refractivity contribution in [1.82, 2.24) is 10.3 Å². The SMILES string of the molecule is O=C(O)Nc1cnc2c(c1)NC(=O)C(NC(=O)O)C2. The van der Waals surface area contributed by atoms with Gasteiger partial charge in [-0.3, -0.25) is 15.1 Å². The van der Waals surface area contributed by atoms with Crippen LogP contribution in [0.5, 0.6) is 0 Å². The van der Waals surface area contributed by atoms with Crippen LogP contribution in [0.4, 0.5) is 21.0 Å². The normalized spacial score (nSPS) is 17.1. The zero-order chi connectivity index (χ0) is 14.0. The van der Waals surface area contributed by atoms with Crippen molar-refractivity contribution < 1.29 is 24.6 Å². The van der Waals surface area contributed by atoms with Crippen molar-refractivity contribution in [3.8, 4) is 0 Å². The summed E-state index contributed by atoms with van der Waals surface area (Å²) >= 11 is 0. The molecule has 2 heterocycles. The highest BCUT2D eigenvalue weighted by molar-refractivity contribution is 5.99. The van der Waals surface area contributed by atoms with E-state index in [1.807, 2.05) is 0 Å². The highest BCUT2D eigenvalue weighted by Gasteiger charge is 2.28. The summed E-state index contributed by atoms with van der Waals surface area (Å²) in [6, 6.07) is 0.515. The lowest BCUT2D eigenvalue weighted by Gasteiger charge is -2.23. The highest BCUT2D eigenvalue weighted by atomic mass is 16.4. The monoisotopic (exact) mass is 266 g/mol. The third kappa shape index (κ3) is 2.89. The molecule has 0 saturated carbocycles. The van der Waals surface area contributed by atoms with Crippen LogP contribution >= 0.6 is 0 Å². The fraction of sp³-hybridized carbons (Fsp3) is 0.200. The Kier molecular flexibility index (Phi) is 3.19. The molecule has 5 N–H and O–H groups in total. The van der Waals surface area contributed by atoms with Crippen LogP contribution in [0.3, 0.4) is 0 Å². The van der Waals surface area contributed by atoms with E-state index in [1.54, 1.807) is 0 Å². The van der Waals surface area contributed by atoms with Crippen molar-refractivity contribution in [1.29, 1.82) is 0 Å². The van der Waals surface area contributed by atoms with Gasteiger partial charge in [-0.1, -0.05) is 0 Å². The minimum absolute atomic E-state index is 0.112. The molecule has 1 aliphatic rings. The Balaban J connectivity index is 2.20. The molecule has 2 rings (SSSR count). The number of rotatable bonds is 2. The number of nitrogens with zero attached hydrogens (tertiary/aromatic N) is 1. The van der Waals surface area contributed by atoms with Gasteiger partial charge in [0.05, 0.1) is 23.3 Å². The number of carboxylic acid groups (broad SMARTS) is 2. The number of amides is 3. The average Bonchev–Trinajstić information content (AvgIpc) is 2.29. The minimum atomic E-state index is -1.30. The van der Waals surface area contributed by atoms with E-state index >= 15 is 0 Å². The third-order valence-corrected chi connectivity index (χ3v) is 2.49. The lowest BCUT2D eigenvalue weighted by molar-refractivity contribution is -0.118. The summed E-state index contributed by atoms with van der Waals surface area (Å²) in [4.78, 5) is 36.6. The summed E-state index contributed by atoms with van der Waals surface area (Å²) in [5.41, 5.74) is 1.06. The van der Waals surface area contributed by atoms with Crippen molar-refractivity contribution in [2.24, 2.45) is 0 Å². The Morgan fingerprint density at radius 1 is 1.37 bits per heavy atom. The van der Waals surface area contributed by atoms with E-state index in [4.69, 9.17) is 10.2 Å². The molecule has 1 aromatic rings. The standard InChI is InChI=1S/C10H10N4O5/c15-8-7(14-10(18)19)2-5-6(13-8)1-4(3-11-5)12-9(16)17/h1,3,7,12,14H,2H2,(H,13,15)(H,16,17)(H,18,19). The molecule has 0 radical (unpaired) electrons. The molecule has 3 amide bonds. The number of carbonyl (C=O) groups excluding carboxylic acids is 1. The van der Waals surface area contributed by atoms with Gasteiger partial charge in [-0.2, -0.15) is 0 Å². The van der Waals surface area contributed by atoms with Crippen LogP contribution in [0.2, 0.25) is 0 Å². The average molecular weight is 266 g/mol. The van der Waals surface area contributed by atoms with Gasteiger partial charge in [0, 0.05) is 6.42 Å².